The molecule has 1 heterocycles. The van der Waals surface area contributed by atoms with Crippen molar-refractivity contribution >= 4 is 11.5 Å². The largest absolute Gasteiger partial charge is 0.375 e. The summed E-state index contributed by atoms with van der Waals surface area (Å²) < 4.78 is 5.06. The monoisotopic (exact) mass is 156 g/mol. The number of hydrogen-bond donors (Lipinski definition) is 1. The lowest BCUT2D eigenvalue weighted by molar-refractivity contribution is -0.116. The number of ether oxygens (including phenoxy) is 1. The van der Waals surface area contributed by atoms with E-state index in [-0.39, 0.29) is 5.78 Å². The van der Waals surface area contributed by atoms with Crippen molar-refractivity contribution in [3.63, 3.8) is 0 Å². The van der Waals surface area contributed by atoms with Crippen LogP contribution in [0.3, 0.4) is 0 Å². The lowest BCUT2D eigenvalue weighted by Crippen LogP contribution is -2.17. The number of carbonyl (C=O) groups excluding carboxylic acids is 1. The van der Waals surface area contributed by atoms with E-state index in [0.717, 1.165) is 18.7 Å². The first-order valence-electron chi connectivity index (χ1n) is 3.64. The molecule has 1 aliphatic rings. The van der Waals surface area contributed by atoms with Gasteiger partial charge in [-0.1, -0.05) is 0 Å². The van der Waals surface area contributed by atoms with Gasteiger partial charge in [-0.2, -0.15) is 5.10 Å². The van der Waals surface area contributed by atoms with E-state index in [9.17, 15) is 4.79 Å². The third-order valence-electron chi connectivity index (χ3n) is 1.37. The van der Waals surface area contributed by atoms with Crippen molar-refractivity contribution in [2.75, 3.05) is 19.8 Å². The summed E-state index contributed by atoms with van der Waals surface area (Å²) in [5.74, 6) is 0.0910. The van der Waals surface area contributed by atoms with Crippen LogP contribution >= 0.6 is 0 Å². The minimum absolute atomic E-state index is 0.0910. The minimum Gasteiger partial charge on any atom is -0.375 e. The van der Waals surface area contributed by atoms with Gasteiger partial charge in [-0.25, -0.2) is 0 Å². The lowest BCUT2D eigenvalue weighted by atomic mass is 10.3. The highest BCUT2D eigenvalue weighted by atomic mass is 16.5. The molecule has 11 heavy (non-hydrogen) atoms. The van der Waals surface area contributed by atoms with Gasteiger partial charge in [-0.15, -0.1) is 0 Å². The molecule has 0 spiro atoms. The second-order valence-electron chi connectivity index (χ2n) is 2.52. The summed E-state index contributed by atoms with van der Waals surface area (Å²) in [6.07, 6.45) is 0.880. The van der Waals surface area contributed by atoms with Crippen molar-refractivity contribution < 1.29 is 9.53 Å². The molecule has 1 rings (SSSR count). The van der Waals surface area contributed by atoms with Crippen LogP contribution in [-0.4, -0.2) is 31.3 Å². The van der Waals surface area contributed by atoms with Crippen LogP contribution in [0.15, 0.2) is 5.10 Å². The van der Waals surface area contributed by atoms with Gasteiger partial charge in [0, 0.05) is 6.42 Å². The molecule has 62 valence electrons. The molecule has 1 aliphatic heterocycles. The number of nitrogens with zero attached hydrogens (tertiary/aromatic N) is 1. The number of rotatable bonds is 3. The molecule has 4 heteroatoms. The van der Waals surface area contributed by atoms with Crippen molar-refractivity contribution in [1.29, 1.82) is 0 Å². The van der Waals surface area contributed by atoms with Crippen molar-refractivity contribution in [1.82, 2.24) is 5.43 Å². The fraction of sp³-hybridized carbons (Fsp3) is 0.714. The zero-order valence-corrected chi connectivity index (χ0v) is 6.59. The molecule has 4 nitrogen and oxygen atoms in total. The van der Waals surface area contributed by atoms with E-state index >= 15 is 0 Å². The van der Waals surface area contributed by atoms with Crippen LogP contribution in [0.1, 0.15) is 13.3 Å². The summed E-state index contributed by atoms with van der Waals surface area (Å²) in [5, 5.41) is 3.98. The smallest absolute Gasteiger partial charge is 0.150 e. The first kappa shape index (κ1) is 8.20. The van der Waals surface area contributed by atoms with Crippen molar-refractivity contribution in [2.24, 2.45) is 5.10 Å². The third kappa shape index (κ3) is 3.13. The summed E-state index contributed by atoms with van der Waals surface area (Å²) in [4.78, 5) is 10.5. The quantitative estimate of drug-likeness (QED) is 0.582. The second kappa shape index (κ2) is 4.08. The SMILES string of the molecule is CC(=O)CNN=C1CCOC1. The summed E-state index contributed by atoms with van der Waals surface area (Å²) >= 11 is 0. The fourth-order valence-corrected chi connectivity index (χ4v) is 0.803. The Morgan fingerprint density at radius 2 is 2.64 bits per heavy atom. The van der Waals surface area contributed by atoms with Crippen molar-refractivity contribution in [3.05, 3.63) is 0 Å². The Labute approximate surface area is 65.6 Å². The van der Waals surface area contributed by atoms with Crippen LogP contribution in [0.4, 0.5) is 0 Å². The predicted molar refractivity (Wildman–Crippen MR) is 41.6 cm³/mol. The molecule has 0 aromatic rings. The van der Waals surface area contributed by atoms with E-state index in [2.05, 4.69) is 10.5 Å². The first-order chi connectivity index (χ1) is 5.29. The molecular weight excluding hydrogens is 144 g/mol. The van der Waals surface area contributed by atoms with Gasteiger partial charge in [0.15, 0.2) is 5.78 Å². The highest BCUT2D eigenvalue weighted by Gasteiger charge is 2.07. The summed E-state index contributed by atoms with van der Waals surface area (Å²) in [5.41, 5.74) is 3.68. The molecule has 0 aromatic carbocycles. The molecule has 0 unspecified atom stereocenters. The Bertz CT molecular complexity index is 169. The molecule has 1 N–H and O–H groups in total. The van der Waals surface area contributed by atoms with Gasteiger partial charge in [0.25, 0.3) is 0 Å². The zero-order chi connectivity index (χ0) is 8.10. The van der Waals surface area contributed by atoms with Gasteiger partial charge in [0.1, 0.15) is 0 Å². The van der Waals surface area contributed by atoms with Crippen molar-refractivity contribution in [3.8, 4) is 0 Å². The van der Waals surface area contributed by atoms with Crippen LogP contribution in [-0.2, 0) is 9.53 Å². The normalized spacial score (nSPS) is 20.6. The maximum Gasteiger partial charge on any atom is 0.150 e. The third-order valence-corrected chi connectivity index (χ3v) is 1.37. The number of nitrogens with one attached hydrogen (secondary N) is 1. The molecular formula is C7H12N2O2. The summed E-state index contributed by atoms with van der Waals surface area (Å²) in [6, 6.07) is 0. The maximum absolute atomic E-state index is 10.5. The zero-order valence-electron chi connectivity index (χ0n) is 6.59. The van der Waals surface area contributed by atoms with Gasteiger partial charge < -0.3 is 10.2 Å². The van der Waals surface area contributed by atoms with E-state index in [1.54, 1.807) is 0 Å². The predicted octanol–water partition coefficient (Wildman–Crippen LogP) is -0.0587. The van der Waals surface area contributed by atoms with Gasteiger partial charge >= 0.3 is 0 Å². The molecule has 0 saturated carbocycles. The van der Waals surface area contributed by atoms with Crippen LogP contribution < -0.4 is 5.43 Å². The fourth-order valence-electron chi connectivity index (χ4n) is 0.803. The van der Waals surface area contributed by atoms with Gasteiger partial charge in [-0.3, -0.25) is 4.79 Å². The van der Waals surface area contributed by atoms with Gasteiger partial charge in [0.05, 0.1) is 25.5 Å². The Kier molecular flexibility index (Phi) is 3.04. The number of hydrogen-bond acceptors (Lipinski definition) is 4. The molecule has 0 bridgehead atoms. The number of ketones is 1. The Morgan fingerprint density at radius 1 is 1.82 bits per heavy atom. The summed E-state index contributed by atoms with van der Waals surface area (Å²) in [6.45, 7) is 3.19. The Morgan fingerprint density at radius 3 is 3.18 bits per heavy atom. The Hall–Kier alpha value is -0.900. The van der Waals surface area contributed by atoms with Crippen LogP contribution in [0.25, 0.3) is 0 Å². The lowest BCUT2D eigenvalue weighted by Gasteiger charge is -1.96. The van der Waals surface area contributed by atoms with Crippen LogP contribution in [0.2, 0.25) is 0 Å². The standard InChI is InChI=1S/C7H12N2O2/c1-6(10)4-8-9-7-2-3-11-5-7/h8H,2-5H2,1H3. The topological polar surface area (TPSA) is 50.7 Å². The van der Waals surface area contributed by atoms with Crippen LogP contribution in [0.5, 0.6) is 0 Å². The molecule has 0 aromatic heterocycles. The highest BCUT2D eigenvalue weighted by molar-refractivity contribution is 5.87. The molecule has 0 atom stereocenters. The van der Waals surface area contributed by atoms with E-state index in [1.807, 2.05) is 0 Å². The molecule has 1 saturated heterocycles. The van der Waals surface area contributed by atoms with E-state index in [4.69, 9.17) is 4.74 Å². The molecule has 1 fully saturated rings. The number of carbonyl (C=O) groups is 1. The van der Waals surface area contributed by atoms with Crippen LogP contribution in [0, 0.1) is 0 Å². The van der Waals surface area contributed by atoms with E-state index < -0.39 is 0 Å². The minimum atomic E-state index is 0.0910. The summed E-state index contributed by atoms with van der Waals surface area (Å²) in [7, 11) is 0. The Balaban J connectivity index is 2.18. The maximum atomic E-state index is 10.5. The van der Waals surface area contributed by atoms with Crippen molar-refractivity contribution in [2.45, 2.75) is 13.3 Å². The molecule has 0 aliphatic carbocycles. The molecule has 0 amide bonds. The first-order valence-corrected chi connectivity index (χ1v) is 3.64. The number of Topliss-reactive ketones (excluding diaryl/α,β-unsaturated/α-hetero) is 1. The van der Waals surface area contributed by atoms with Gasteiger partial charge in [0.2, 0.25) is 0 Å². The number of hydrazone groups is 1. The average molecular weight is 156 g/mol. The van der Waals surface area contributed by atoms with E-state index in [0.29, 0.717) is 13.2 Å². The van der Waals surface area contributed by atoms with Gasteiger partial charge in [-0.05, 0) is 6.92 Å². The molecule has 0 radical (unpaired) electrons. The second-order valence-corrected chi connectivity index (χ2v) is 2.52. The highest BCUT2D eigenvalue weighted by Crippen LogP contribution is 1.97. The average Bonchev–Trinajstić information content (AvgIpc) is 2.39. The van der Waals surface area contributed by atoms with E-state index in [1.165, 1.54) is 6.92 Å².